The number of carbonyl (C=O) groups excluding carboxylic acids is 2. The molecule has 0 aromatic carbocycles. The summed E-state index contributed by atoms with van der Waals surface area (Å²) in [6.07, 6.45) is 8.95. The minimum atomic E-state index is -0.713. The van der Waals surface area contributed by atoms with E-state index < -0.39 is 5.91 Å². The Kier molecular flexibility index (Phi) is 4.08. The molecule has 2 N–H and O–H groups in total. The van der Waals surface area contributed by atoms with E-state index in [0.717, 1.165) is 6.54 Å². The van der Waals surface area contributed by atoms with Gasteiger partial charge in [-0.1, -0.05) is 33.1 Å². The number of amides is 2. The molecule has 1 unspecified atom stereocenters. The molecule has 6 nitrogen and oxygen atoms in total. The summed E-state index contributed by atoms with van der Waals surface area (Å²) < 4.78 is 0. The van der Waals surface area contributed by atoms with Crippen LogP contribution in [-0.4, -0.2) is 39.3 Å². The average molecular weight is 316 g/mol. The predicted octanol–water partition coefficient (Wildman–Crippen LogP) is 2.01. The molecule has 1 aliphatic carbocycles. The second-order valence-electron chi connectivity index (χ2n) is 7.16. The molecule has 124 valence electrons. The molecule has 0 bridgehead atoms. The van der Waals surface area contributed by atoms with Crippen LogP contribution in [0.1, 0.15) is 66.9 Å². The van der Waals surface area contributed by atoms with Crippen LogP contribution in [0.15, 0.2) is 12.4 Å². The summed E-state index contributed by atoms with van der Waals surface area (Å²) in [5, 5.41) is 0. The maximum absolute atomic E-state index is 12.9. The van der Waals surface area contributed by atoms with Crippen molar-refractivity contribution < 1.29 is 9.59 Å². The lowest BCUT2D eigenvalue weighted by Crippen LogP contribution is -2.68. The van der Waals surface area contributed by atoms with Gasteiger partial charge >= 0.3 is 0 Å². The van der Waals surface area contributed by atoms with Crippen molar-refractivity contribution in [3.63, 3.8) is 0 Å². The van der Waals surface area contributed by atoms with E-state index in [0.29, 0.717) is 5.92 Å². The van der Waals surface area contributed by atoms with E-state index in [2.05, 4.69) is 23.8 Å². The summed E-state index contributed by atoms with van der Waals surface area (Å²) in [4.78, 5) is 34.3. The zero-order valence-electron chi connectivity index (χ0n) is 13.8. The Morgan fingerprint density at radius 1 is 1.17 bits per heavy atom. The van der Waals surface area contributed by atoms with Crippen LogP contribution in [0.25, 0.3) is 0 Å². The van der Waals surface area contributed by atoms with Crippen LogP contribution >= 0.6 is 0 Å². The van der Waals surface area contributed by atoms with Crippen LogP contribution < -0.4 is 5.73 Å². The molecule has 2 fully saturated rings. The number of nitrogens with two attached hydrogens (primary N) is 1. The highest BCUT2D eigenvalue weighted by Gasteiger charge is 2.55. The molecular formula is C17H24N4O2. The van der Waals surface area contributed by atoms with E-state index in [4.69, 9.17) is 5.73 Å². The van der Waals surface area contributed by atoms with Gasteiger partial charge in [-0.15, -0.1) is 0 Å². The molecule has 3 rings (SSSR count). The fourth-order valence-electron chi connectivity index (χ4n) is 4.54. The fraction of sp³-hybridized carbons (Fsp3) is 0.647. The molecule has 1 aromatic rings. The minimum Gasteiger partial charge on any atom is -0.364 e. The van der Waals surface area contributed by atoms with Crippen molar-refractivity contribution in [1.29, 1.82) is 0 Å². The standard InChI is InChI=1S/C17H24N4O2/c1-11(2)14-17(6-4-3-5-7-17)10-21(14)16(23)13-12(15(18)22)19-8-9-20-13/h8-9,11,14H,3-7,10H2,1-2H3,(H2,18,22). The lowest BCUT2D eigenvalue weighted by Gasteiger charge is -2.61. The van der Waals surface area contributed by atoms with E-state index in [1.54, 1.807) is 0 Å². The first-order valence-electron chi connectivity index (χ1n) is 8.38. The van der Waals surface area contributed by atoms with Gasteiger partial charge < -0.3 is 10.6 Å². The highest BCUT2D eigenvalue weighted by Crippen LogP contribution is 2.51. The van der Waals surface area contributed by atoms with Crippen LogP contribution in [-0.2, 0) is 0 Å². The molecule has 1 atom stereocenters. The quantitative estimate of drug-likeness (QED) is 0.923. The second kappa shape index (κ2) is 5.91. The van der Waals surface area contributed by atoms with Crippen molar-refractivity contribution in [2.24, 2.45) is 17.1 Å². The SMILES string of the molecule is CC(C)C1N(C(=O)c2nccnc2C(N)=O)CC12CCCCC2. The van der Waals surface area contributed by atoms with E-state index in [9.17, 15) is 9.59 Å². The lowest BCUT2D eigenvalue weighted by atomic mass is 9.59. The molecule has 1 spiro atoms. The molecule has 2 amide bonds. The van der Waals surface area contributed by atoms with Gasteiger partial charge in [-0.05, 0) is 18.8 Å². The first-order chi connectivity index (χ1) is 11.0. The van der Waals surface area contributed by atoms with Crippen molar-refractivity contribution in [2.75, 3.05) is 6.54 Å². The summed E-state index contributed by atoms with van der Waals surface area (Å²) >= 11 is 0. The van der Waals surface area contributed by atoms with Gasteiger partial charge in [0, 0.05) is 30.4 Å². The molecule has 1 aliphatic heterocycles. The molecule has 1 aromatic heterocycles. The highest BCUT2D eigenvalue weighted by atomic mass is 16.2. The third-order valence-corrected chi connectivity index (χ3v) is 5.32. The van der Waals surface area contributed by atoms with Crippen LogP contribution in [0, 0.1) is 11.3 Å². The van der Waals surface area contributed by atoms with E-state index >= 15 is 0 Å². The van der Waals surface area contributed by atoms with Crippen molar-refractivity contribution in [3.05, 3.63) is 23.8 Å². The Bertz CT molecular complexity index is 623. The molecular weight excluding hydrogens is 292 g/mol. The fourth-order valence-corrected chi connectivity index (χ4v) is 4.54. The topological polar surface area (TPSA) is 89.2 Å². The van der Waals surface area contributed by atoms with E-state index in [-0.39, 0.29) is 28.8 Å². The molecule has 1 saturated heterocycles. The van der Waals surface area contributed by atoms with Crippen LogP contribution in [0.4, 0.5) is 0 Å². The van der Waals surface area contributed by atoms with Gasteiger partial charge in [-0.2, -0.15) is 0 Å². The van der Waals surface area contributed by atoms with Crippen molar-refractivity contribution in [2.45, 2.75) is 52.0 Å². The molecule has 6 heteroatoms. The third kappa shape index (κ3) is 2.60. The molecule has 1 saturated carbocycles. The van der Waals surface area contributed by atoms with Crippen LogP contribution in [0.2, 0.25) is 0 Å². The summed E-state index contributed by atoms with van der Waals surface area (Å²) in [6.45, 7) is 5.07. The Hall–Kier alpha value is -1.98. The molecule has 0 radical (unpaired) electrons. The van der Waals surface area contributed by atoms with Gasteiger partial charge in [-0.25, -0.2) is 9.97 Å². The number of primary amides is 1. The number of carbonyl (C=O) groups is 2. The lowest BCUT2D eigenvalue weighted by molar-refractivity contribution is -0.0945. The highest BCUT2D eigenvalue weighted by molar-refractivity contribution is 6.04. The Morgan fingerprint density at radius 3 is 2.35 bits per heavy atom. The van der Waals surface area contributed by atoms with E-state index in [1.165, 1.54) is 44.5 Å². The Morgan fingerprint density at radius 2 is 1.78 bits per heavy atom. The normalized spacial score (nSPS) is 22.9. The first-order valence-corrected chi connectivity index (χ1v) is 8.38. The second-order valence-corrected chi connectivity index (χ2v) is 7.16. The van der Waals surface area contributed by atoms with Gasteiger partial charge in [0.15, 0.2) is 11.4 Å². The molecule has 23 heavy (non-hydrogen) atoms. The third-order valence-electron chi connectivity index (χ3n) is 5.32. The largest absolute Gasteiger partial charge is 0.364 e. The van der Waals surface area contributed by atoms with Gasteiger partial charge in [0.25, 0.3) is 11.8 Å². The minimum absolute atomic E-state index is 0.0374. The number of aromatic nitrogens is 2. The number of hydrogen-bond acceptors (Lipinski definition) is 4. The summed E-state index contributed by atoms with van der Waals surface area (Å²) in [5.74, 6) is -0.559. The maximum Gasteiger partial charge on any atom is 0.275 e. The van der Waals surface area contributed by atoms with Crippen molar-refractivity contribution >= 4 is 11.8 Å². The number of likely N-dealkylation sites (tertiary alicyclic amines) is 1. The summed E-state index contributed by atoms with van der Waals surface area (Å²) in [7, 11) is 0. The van der Waals surface area contributed by atoms with E-state index in [1.807, 2.05) is 4.90 Å². The van der Waals surface area contributed by atoms with Gasteiger partial charge in [0.2, 0.25) is 0 Å². The Labute approximate surface area is 136 Å². The average Bonchev–Trinajstić information content (AvgIpc) is 2.52. The molecule has 2 heterocycles. The number of hydrogen-bond donors (Lipinski definition) is 1. The smallest absolute Gasteiger partial charge is 0.275 e. The van der Waals surface area contributed by atoms with Gasteiger partial charge in [0.05, 0.1) is 0 Å². The van der Waals surface area contributed by atoms with Crippen molar-refractivity contribution in [3.8, 4) is 0 Å². The predicted molar refractivity (Wildman–Crippen MR) is 85.7 cm³/mol. The monoisotopic (exact) mass is 316 g/mol. The number of nitrogens with zero attached hydrogens (tertiary/aromatic N) is 3. The van der Waals surface area contributed by atoms with Gasteiger partial charge in [0.1, 0.15) is 0 Å². The van der Waals surface area contributed by atoms with Crippen molar-refractivity contribution in [1.82, 2.24) is 14.9 Å². The first kappa shape index (κ1) is 15.9. The van der Waals surface area contributed by atoms with Crippen LogP contribution in [0.3, 0.4) is 0 Å². The summed E-state index contributed by atoms with van der Waals surface area (Å²) in [6, 6.07) is 0.207. The zero-order chi connectivity index (χ0) is 16.6. The summed E-state index contributed by atoms with van der Waals surface area (Å²) in [5.41, 5.74) is 5.62. The van der Waals surface area contributed by atoms with Gasteiger partial charge in [-0.3, -0.25) is 9.59 Å². The molecule has 2 aliphatic rings. The zero-order valence-corrected chi connectivity index (χ0v) is 13.8. The number of rotatable bonds is 3. The van der Waals surface area contributed by atoms with Crippen LogP contribution in [0.5, 0.6) is 0 Å². The maximum atomic E-state index is 12.9. The Balaban J connectivity index is 1.87.